The van der Waals surface area contributed by atoms with E-state index in [4.69, 9.17) is 4.74 Å². The topological polar surface area (TPSA) is 75.7 Å². The van der Waals surface area contributed by atoms with Crippen LogP contribution in [0.4, 0.5) is 5.69 Å². The number of nitrogens with one attached hydrogen (secondary N) is 1. The lowest BCUT2D eigenvalue weighted by Crippen LogP contribution is -2.30. The quantitative estimate of drug-likeness (QED) is 0.446. The number of hydrogen-bond donors (Lipinski definition) is 1. The molecule has 3 rings (SSSR count). The van der Waals surface area contributed by atoms with Crippen LogP contribution in [0.15, 0.2) is 83.6 Å². The molecule has 0 aliphatic rings. The number of thiophene rings is 1. The van der Waals surface area contributed by atoms with Crippen LogP contribution in [0.5, 0.6) is 5.75 Å². The summed E-state index contributed by atoms with van der Waals surface area (Å²) >= 11 is 1.58. The number of carbonyl (C=O) groups excluding carboxylic acids is 1. The van der Waals surface area contributed by atoms with Gasteiger partial charge < -0.3 is 9.64 Å². The van der Waals surface area contributed by atoms with Gasteiger partial charge in [-0.25, -0.2) is 8.42 Å². The van der Waals surface area contributed by atoms with E-state index in [1.807, 2.05) is 24.4 Å². The van der Waals surface area contributed by atoms with E-state index in [1.165, 1.54) is 24.3 Å². The second kappa shape index (κ2) is 10.3. The molecule has 162 valence electrons. The molecule has 0 saturated heterocycles. The summed E-state index contributed by atoms with van der Waals surface area (Å²) in [5.41, 5.74) is 0.843. The molecule has 6 nitrogen and oxygen atoms in total. The fourth-order valence-corrected chi connectivity index (χ4v) is 4.70. The molecule has 1 heterocycles. The van der Waals surface area contributed by atoms with Crippen molar-refractivity contribution in [1.29, 1.82) is 0 Å². The molecule has 0 aliphatic heterocycles. The first kappa shape index (κ1) is 22.6. The lowest BCUT2D eigenvalue weighted by molar-refractivity contribution is 0.0764. The van der Waals surface area contributed by atoms with Crippen LogP contribution in [0.2, 0.25) is 0 Å². The smallest absolute Gasteiger partial charge is 0.261 e. The first-order valence-corrected chi connectivity index (χ1v) is 12.1. The number of nitrogens with zero attached hydrogens (tertiary/aromatic N) is 1. The number of carbonyl (C=O) groups is 1. The van der Waals surface area contributed by atoms with Crippen LogP contribution in [-0.2, 0) is 16.6 Å². The van der Waals surface area contributed by atoms with Crippen LogP contribution in [0.25, 0.3) is 0 Å². The Bertz CT molecular complexity index is 1110. The van der Waals surface area contributed by atoms with Gasteiger partial charge in [-0.2, -0.15) is 0 Å². The summed E-state index contributed by atoms with van der Waals surface area (Å²) in [5, 5.41) is 1.96. The normalized spacial score (nSPS) is 11.0. The molecule has 3 aromatic rings. The third-order valence-electron chi connectivity index (χ3n) is 4.39. The highest BCUT2D eigenvalue weighted by molar-refractivity contribution is 7.92. The molecule has 0 spiro atoms. The Hall–Kier alpha value is -3.10. The highest BCUT2D eigenvalue weighted by atomic mass is 32.2. The summed E-state index contributed by atoms with van der Waals surface area (Å²) in [7, 11) is -3.78. The lowest BCUT2D eigenvalue weighted by Gasteiger charge is -2.20. The lowest BCUT2D eigenvalue weighted by atomic mass is 10.2. The van der Waals surface area contributed by atoms with Gasteiger partial charge in [-0.05, 0) is 66.9 Å². The SMILES string of the molecule is C=CCN(Cc1cccs1)C(=O)c1ccc(S(=O)(=O)Nc2ccc(OCC)cc2)cc1. The summed E-state index contributed by atoms with van der Waals surface area (Å²) in [6, 6.07) is 16.5. The number of amides is 1. The number of sulfonamides is 1. The standard InChI is InChI=1S/C23H24N2O4S2/c1-3-15-25(17-21-6-5-16-30-21)23(26)18-7-13-22(14-8-18)31(27,28)24-19-9-11-20(12-10-19)29-4-2/h3,5-14,16,24H,1,4,15,17H2,2H3. The van der Waals surface area contributed by atoms with Crippen molar-refractivity contribution in [2.24, 2.45) is 0 Å². The van der Waals surface area contributed by atoms with Crippen LogP contribution in [0, 0.1) is 0 Å². The van der Waals surface area contributed by atoms with Crippen molar-refractivity contribution < 1.29 is 17.9 Å². The second-order valence-corrected chi connectivity index (χ2v) is 9.36. The monoisotopic (exact) mass is 456 g/mol. The molecule has 1 aromatic heterocycles. The minimum atomic E-state index is -3.78. The van der Waals surface area contributed by atoms with Gasteiger partial charge in [0, 0.05) is 22.7 Å². The van der Waals surface area contributed by atoms with Crippen molar-refractivity contribution in [3.05, 3.63) is 89.1 Å². The average molecular weight is 457 g/mol. The fraction of sp³-hybridized carbons (Fsp3) is 0.174. The van der Waals surface area contributed by atoms with Gasteiger partial charge in [-0.3, -0.25) is 9.52 Å². The molecule has 0 aliphatic carbocycles. The van der Waals surface area contributed by atoms with E-state index in [9.17, 15) is 13.2 Å². The van der Waals surface area contributed by atoms with Crippen molar-refractivity contribution in [1.82, 2.24) is 4.90 Å². The Kier molecular flexibility index (Phi) is 7.49. The fourth-order valence-electron chi connectivity index (χ4n) is 2.92. The predicted octanol–water partition coefficient (Wildman–Crippen LogP) is 4.78. The van der Waals surface area contributed by atoms with Crippen molar-refractivity contribution in [3.8, 4) is 5.75 Å². The van der Waals surface area contributed by atoms with Gasteiger partial charge in [-0.15, -0.1) is 17.9 Å². The molecule has 0 unspecified atom stereocenters. The molecular weight excluding hydrogens is 432 g/mol. The van der Waals surface area contributed by atoms with E-state index in [-0.39, 0.29) is 10.8 Å². The molecule has 1 N–H and O–H groups in total. The zero-order valence-electron chi connectivity index (χ0n) is 17.2. The third-order valence-corrected chi connectivity index (χ3v) is 6.65. The zero-order chi connectivity index (χ0) is 22.3. The molecule has 8 heteroatoms. The second-order valence-electron chi connectivity index (χ2n) is 6.64. The van der Waals surface area contributed by atoms with Crippen LogP contribution in [0.3, 0.4) is 0 Å². The molecule has 0 atom stereocenters. The van der Waals surface area contributed by atoms with Crippen LogP contribution < -0.4 is 9.46 Å². The van der Waals surface area contributed by atoms with E-state index in [2.05, 4.69) is 11.3 Å². The first-order valence-electron chi connectivity index (χ1n) is 9.71. The number of ether oxygens (including phenoxy) is 1. The van der Waals surface area contributed by atoms with E-state index < -0.39 is 10.0 Å². The summed E-state index contributed by atoms with van der Waals surface area (Å²) in [6.45, 7) is 7.01. The summed E-state index contributed by atoms with van der Waals surface area (Å²) in [5.74, 6) is 0.483. The molecule has 2 aromatic carbocycles. The maximum absolute atomic E-state index is 12.9. The van der Waals surface area contributed by atoms with Crippen molar-refractivity contribution in [2.75, 3.05) is 17.9 Å². The van der Waals surface area contributed by atoms with Crippen molar-refractivity contribution in [3.63, 3.8) is 0 Å². The van der Waals surface area contributed by atoms with Crippen LogP contribution in [-0.4, -0.2) is 32.4 Å². The van der Waals surface area contributed by atoms with E-state index in [0.717, 1.165) is 4.88 Å². The number of hydrogen-bond acceptors (Lipinski definition) is 5. The van der Waals surface area contributed by atoms with E-state index in [0.29, 0.717) is 36.7 Å². The molecule has 0 radical (unpaired) electrons. The summed E-state index contributed by atoms with van der Waals surface area (Å²) in [4.78, 5) is 15.7. The first-order chi connectivity index (χ1) is 14.9. The van der Waals surface area contributed by atoms with Gasteiger partial charge in [-0.1, -0.05) is 12.1 Å². The number of rotatable bonds is 10. The third kappa shape index (κ3) is 5.96. The van der Waals surface area contributed by atoms with E-state index in [1.54, 1.807) is 46.6 Å². The Labute approximate surface area is 186 Å². The van der Waals surface area contributed by atoms with Crippen LogP contribution in [0.1, 0.15) is 22.2 Å². The van der Waals surface area contributed by atoms with Gasteiger partial charge >= 0.3 is 0 Å². The Balaban J connectivity index is 1.72. The van der Waals surface area contributed by atoms with Crippen LogP contribution >= 0.6 is 11.3 Å². The Morgan fingerprint density at radius 1 is 1.13 bits per heavy atom. The molecule has 31 heavy (non-hydrogen) atoms. The maximum atomic E-state index is 12.9. The average Bonchev–Trinajstić information content (AvgIpc) is 3.28. The largest absolute Gasteiger partial charge is 0.494 e. The zero-order valence-corrected chi connectivity index (χ0v) is 18.8. The van der Waals surface area contributed by atoms with Gasteiger partial charge in [0.25, 0.3) is 15.9 Å². The number of anilines is 1. The van der Waals surface area contributed by atoms with E-state index >= 15 is 0 Å². The molecular formula is C23H24N2O4S2. The van der Waals surface area contributed by atoms with Gasteiger partial charge in [0.05, 0.1) is 18.0 Å². The van der Waals surface area contributed by atoms with Gasteiger partial charge in [0.15, 0.2) is 0 Å². The molecule has 0 bridgehead atoms. The maximum Gasteiger partial charge on any atom is 0.261 e. The van der Waals surface area contributed by atoms with Crippen molar-refractivity contribution in [2.45, 2.75) is 18.4 Å². The molecule has 0 saturated carbocycles. The highest BCUT2D eigenvalue weighted by Crippen LogP contribution is 2.21. The highest BCUT2D eigenvalue weighted by Gasteiger charge is 2.18. The minimum Gasteiger partial charge on any atom is -0.494 e. The minimum absolute atomic E-state index is 0.0754. The summed E-state index contributed by atoms with van der Waals surface area (Å²) in [6.07, 6.45) is 1.67. The van der Waals surface area contributed by atoms with Gasteiger partial charge in [0.1, 0.15) is 5.75 Å². The summed E-state index contributed by atoms with van der Waals surface area (Å²) < 4.78 is 33.3. The molecule has 0 fully saturated rings. The predicted molar refractivity (Wildman–Crippen MR) is 124 cm³/mol. The van der Waals surface area contributed by atoms with Crippen molar-refractivity contribution >= 4 is 33.0 Å². The number of benzene rings is 2. The van der Waals surface area contributed by atoms with Gasteiger partial charge in [0.2, 0.25) is 0 Å². The Morgan fingerprint density at radius 3 is 2.42 bits per heavy atom. The Morgan fingerprint density at radius 2 is 1.84 bits per heavy atom. The molecule has 1 amide bonds.